The predicted octanol–water partition coefficient (Wildman–Crippen LogP) is 2.72. The number of rotatable bonds is 1. The second kappa shape index (κ2) is 4.42. The lowest BCUT2D eigenvalue weighted by atomic mass is 9.88. The number of thiophene rings is 1. The topological polar surface area (TPSA) is 68.9 Å². The summed E-state index contributed by atoms with van der Waals surface area (Å²) in [6.45, 7) is 2.19. The van der Waals surface area contributed by atoms with Gasteiger partial charge in [0.05, 0.1) is 5.52 Å². The number of pyridine rings is 1. The highest BCUT2D eigenvalue weighted by atomic mass is 32.1. The molecule has 4 aromatic rings. The Labute approximate surface area is 130 Å². The van der Waals surface area contributed by atoms with Crippen molar-refractivity contribution in [1.82, 2.24) is 30.0 Å². The van der Waals surface area contributed by atoms with E-state index in [1.54, 1.807) is 22.2 Å². The highest BCUT2D eigenvalue weighted by Crippen LogP contribution is 2.39. The second-order valence-electron chi connectivity index (χ2n) is 5.73. The Hall–Kier alpha value is -2.15. The van der Waals surface area contributed by atoms with Gasteiger partial charge in [-0.05, 0) is 53.7 Å². The van der Waals surface area contributed by atoms with Crippen LogP contribution in [0.2, 0.25) is 0 Å². The van der Waals surface area contributed by atoms with Crippen LogP contribution in [0.15, 0.2) is 6.33 Å². The third kappa shape index (κ3) is 1.51. The van der Waals surface area contributed by atoms with Gasteiger partial charge in [0.25, 0.3) is 0 Å². The summed E-state index contributed by atoms with van der Waals surface area (Å²) in [6, 6.07) is 0. The number of hydrogen-bond donors (Lipinski definition) is 0. The van der Waals surface area contributed by atoms with Crippen molar-refractivity contribution in [3.63, 3.8) is 0 Å². The van der Waals surface area contributed by atoms with Gasteiger partial charge in [-0.3, -0.25) is 0 Å². The smallest absolute Gasteiger partial charge is 0.200 e. The fourth-order valence-electron chi connectivity index (χ4n) is 3.55. The molecule has 0 unspecified atom stereocenters. The summed E-state index contributed by atoms with van der Waals surface area (Å²) in [5.41, 5.74) is 5.96. The minimum absolute atomic E-state index is 0.774. The van der Waals surface area contributed by atoms with Gasteiger partial charge in [0.1, 0.15) is 15.9 Å². The molecule has 4 heterocycles. The summed E-state index contributed by atoms with van der Waals surface area (Å²) >= 11 is 1.66. The maximum atomic E-state index is 4.94. The van der Waals surface area contributed by atoms with Crippen LogP contribution in [0.25, 0.3) is 26.1 Å². The van der Waals surface area contributed by atoms with E-state index in [4.69, 9.17) is 4.98 Å². The van der Waals surface area contributed by atoms with Crippen molar-refractivity contribution in [3.05, 3.63) is 23.1 Å². The molecule has 4 aromatic heterocycles. The molecule has 0 spiro atoms. The first-order chi connectivity index (χ1) is 10.9. The molecule has 0 atom stereocenters. The molecule has 110 valence electrons. The van der Waals surface area contributed by atoms with Crippen LogP contribution in [0, 0.1) is 0 Å². The zero-order chi connectivity index (χ0) is 14.7. The summed E-state index contributed by atoms with van der Waals surface area (Å²) in [7, 11) is 0. The quantitative estimate of drug-likeness (QED) is 0.541. The van der Waals surface area contributed by atoms with Crippen LogP contribution >= 0.6 is 11.3 Å². The van der Waals surface area contributed by atoms with Crippen molar-refractivity contribution in [1.29, 1.82) is 0 Å². The molecule has 22 heavy (non-hydrogen) atoms. The first-order valence-electron chi connectivity index (χ1n) is 7.66. The Morgan fingerprint density at radius 1 is 1.23 bits per heavy atom. The molecule has 0 radical (unpaired) electrons. The summed E-state index contributed by atoms with van der Waals surface area (Å²) in [4.78, 5) is 10.6. The second-order valence-corrected chi connectivity index (χ2v) is 6.73. The van der Waals surface area contributed by atoms with E-state index in [2.05, 4.69) is 27.4 Å². The van der Waals surface area contributed by atoms with Crippen molar-refractivity contribution >= 4 is 37.4 Å². The number of aryl methyl sites for hydroxylation is 2. The lowest BCUT2D eigenvalue weighted by Gasteiger charge is -2.19. The molecule has 5 rings (SSSR count). The zero-order valence-corrected chi connectivity index (χ0v) is 13.0. The molecule has 0 bridgehead atoms. The Bertz CT molecular complexity index is 1030. The van der Waals surface area contributed by atoms with Gasteiger partial charge in [0.15, 0.2) is 5.65 Å². The standard InChI is InChI=1S/C15H14N6S/c1-2-10-8-5-3-4-6-9(8)11-12-13(22-15(11)17-10)14-18-19-20-21(14)7-16-12/h7H,2-6H2,1H3. The van der Waals surface area contributed by atoms with Crippen LogP contribution in [0.4, 0.5) is 0 Å². The predicted molar refractivity (Wildman–Crippen MR) is 85.3 cm³/mol. The minimum Gasteiger partial charge on any atom is -0.242 e. The molecule has 1 aliphatic rings. The van der Waals surface area contributed by atoms with Gasteiger partial charge in [-0.2, -0.15) is 4.52 Å². The van der Waals surface area contributed by atoms with Gasteiger partial charge < -0.3 is 0 Å². The van der Waals surface area contributed by atoms with E-state index in [-0.39, 0.29) is 0 Å². The van der Waals surface area contributed by atoms with E-state index in [9.17, 15) is 0 Å². The van der Waals surface area contributed by atoms with Crippen molar-refractivity contribution < 1.29 is 0 Å². The van der Waals surface area contributed by atoms with Crippen LogP contribution in [0.5, 0.6) is 0 Å². The molecular weight excluding hydrogens is 296 g/mol. The minimum atomic E-state index is 0.774. The Morgan fingerprint density at radius 3 is 2.95 bits per heavy atom. The van der Waals surface area contributed by atoms with E-state index >= 15 is 0 Å². The zero-order valence-electron chi connectivity index (χ0n) is 12.2. The van der Waals surface area contributed by atoms with E-state index in [0.29, 0.717) is 0 Å². The van der Waals surface area contributed by atoms with E-state index in [1.807, 2.05) is 0 Å². The van der Waals surface area contributed by atoms with Crippen molar-refractivity contribution in [2.75, 3.05) is 0 Å². The van der Waals surface area contributed by atoms with Crippen molar-refractivity contribution in [3.8, 4) is 0 Å². The van der Waals surface area contributed by atoms with Crippen molar-refractivity contribution in [2.45, 2.75) is 39.0 Å². The average Bonchev–Trinajstić information content (AvgIpc) is 3.17. The normalized spacial score (nSPS) is 15.0. The van der Waals surface area contributed by atoms with Gasteiger partial charge >= 0.3 is 0 Å². The third-order valence-corrected chi connectivity index (χ3v) is 5.61. The Balaban J connectivity index is 2.00. The molecule has 0 amide bonds. The van der Waals surface area contributed by atoms with Crippen LogP contribution < -0.4 is 0 Å². The maximum Gasteiger partial charge on any atom is 0.200 e. The molecule has 0 fully saturated rings. The molecule has 0 saturated heterocycles. The van der Waals surface area contributed by atoms with E-state index in [0.717, 1.165) is 40.0 Å². The fraction of sp³-hybridized carbons (Fsp3) is 0.400. The summed E-state index contributed by atoms with van der Waals surface area (Å²) < 4.78 is 2.67. The first kappa shape index (κ1) is 12.4. The van der Waals surface area contributed by atoms with Crippen molar-refractivity contribution in [2.24, 2.45) is 0 Å². The Kier molecular flexibility index (Phi) is 2.49. The molecular formula is C15H14N6S. The number of hydrogen-bond acceptors (Lipinski definition) is 6. The van der Waals surface area contributed by atoms with E-state index in [1.165, 1.54) is 35.0 Å². The first-order valence-corrected chi connectivity index (χ1v) is 8.48. The average molecular weight is 310 g/mol. The van der Waals surface area contributed by atoms with Crippen LogP contribution in [0.1, 0.15) is 36.6 Å². The highest BCUT2D eigenvalue weighted by Gasteiger charge is 2.22. The molecule has 7 heteroatoms. The summed E-state index contributed by atoms with van der Waals surface area (Å²) in [6.07, 6.45) is 7.48. The fourth-order valence-corrected chi connectivity index (χ4v) is 4.70. The summed E-state index contributed by atoms with van der Waals surface area (Å²) in [5.74, 6) is 0. The highest BCUT2D eigenvalue weighted by molar-refractivity contribution is 7.26. The molecule has 1 aliphatic carbocycles. The van der Waals surface area contributed by atoms with Crippen LogP contribution in [-0.2, 0) is 19.3 Å². The number of aromatic nitrogens is 6. The molecule has 0 saturated carbocycles. The van der Waals surface area contributed by atoms with Gasteiger partial charge in [-0.1, -0.05) is 6.92 Å². The molecule has 0 aliphatic heterocycles. The van der Waals surface area contributed by atoms with Crippen LogP contribution in [0.3, 0.4) is 0 Å². The van der Waals surface area contributed by atoms with Gasteiger partial charge in [0, 0.05) is 11.1 Å². The largest absolute Gasteiger partial charge is 0.242 e. The maximum absolute atomic E-state index is 4.94. The summed E-state index contributed by atoms with van der Waals surface area (Å²) in [5, 5.41) is 13.1. The number of fused-ring (bicyclic) bond motifs is 7. The van der Waals surface area contributed by atoms with Gasteiger partial charge in [-0.25, -0.2) is 9.97 Å². The van der Waals surface area contributed by atoms with Gasteiger partial charge in [0.2, 0.25) is 0 Å². The van der Waals surface area contributed by atoms with E-state index < -0.39 is 0 Å². The molecule has 0 N–H and O–H groups in total. The Morgan fingerprint density at radius 2 is 2.09 bits per heavy atom. The molecule has 0 aromatic carbocycles. The molecule has 6 nitrogen and oxygen atoms in total. The van der Waals surface area contributed by atoms with Gasteiger partial charge in [-0.15, -0.1) is 16.4 Å². The third-order valence-electron chi connectivity index (χ3n) is 4.55. The lowest BCUT2D eigenvalue weighted by Crippen LogP contribution is -2.08. The lowest BCUT2D eigenvalue weighted by molar-refractivity contribution is 0.679. The van der Waals surface area contributed by atoms with Crippen LogP contribution in [-0.4, -0.2) is 30.0 Å². The number of tetrazole rings is 1. The SMILES string of the molecule is CCc1nc2sc3c(ncn4nnnc34)c2c2c1CCCC2. The number of nitrogens with zero attached hydrogens (tertiary/aromatic N) is 6. The monoisotopic (exact) mass is 310 g/mol.